The first-order valence-corrected chi connectivity index (χ1v) is 9.83. The molecule has 0 radical (unpaired) electrons. The molecular weight excluding hydrogens is 364 g/mol. The third kappa shape index (κ3) is 4.86. The fraction of sp³-hybridized carbons (Fsp3) is 0.647. The molecule has 25 heavy (non-hydrogen) atoms. The molecule has 1 saturated heterocycles. The standard InChI is InChI=1S/C17H28N2O4S.ClH/c1-5-24(21,22)19-10-9-17(20,15(13-19)12-18(2)3)14-7-6-8-16(11-14)23-4;/h6-8,11,15,20H,5,9-10,12-13H2,1-4H3;1H. The van der Waals surface area contributed by atoms with E-state index in [-0.39, 0.29) is 24.1 Å². The molecule has 0 amide bonds. The van der Waals surface area contributed by atoms with Gasteiger partial charge in [-0.1, -0.05) is 12.1 Å². The molecule has 1 aromatic rings. The number of halogens is 1. The number of ether oxygens (including phenoxy) is 1. The molecule has 0 bridgehead atoms. The summed E-state index contributed by atoms with van der Waals surface area (Å²) in [7, 11) is 2.20. The summed E-state index contributed by atoms with van der Waals surface area (Å²) in [5, 5.41) is 11.4. The monoisotopic (exact) mass is 392 g/mol. The molecule has 8 heteroatoms. The van der Waals surface area contributed by atoms with Crippen LogP contribution in [0.4, 0.5) is 0 Å². The van der Waals surface area contributed by atoms with Crippen molar-refractivity contribution >= 4 is 22.4 Å². The van der Waals surface area contributed by atoms with E-state index in [0.29, 0.717) is 31.8 Å². The van der Waals surface area contributed by atoms with Crippen LogP contribution in [0.15, 0.2) is 24.3 Å². The Bertz CT molecular complexity index is 668. The van der Waals surface area contributed by atoms with E-state index in [1.54, 1.807) is 14.0 Å². The summed E-state index contributed by atoms with van der Waals surface area (Å²) in [4.78, 5) is 1.98. The molecule has 0 aromatic heterocycles. The summed E-state index contributed by atoms with van der Waals surface area (Å²) in [6, 6.07) is 7.42. The Balaban J connectivity index is 0.00000312. The van der Waals surface area contributed by atoms with Gasteiger partial charge in [0.1, 0.15) is 5.75 Å². The quantitative estimate of drug-likeness (QED) is 0.795. The lowest BCUT2D eigenvalue weighted by molar-refractivity contribution is -0.0698. The number of methoxy groups -OCH3 is 1. The molecule has 1 fully saturated rings. The van der Waals surface area contributed by atoms with Crippen LogP contribution in [0.3, 0.4) is 0 Å². The van der Waals surface area contributed by atoms with Gasteiger partial charge in [0.2, 0.25) is 10.0 Å². The van der Waals surface area contributed by atoms with Gasteiger partial charge in [0.25, 0.3) is 0 Å². The number of piperidine rings is 1. The summed E-state index contributed by atoms with van der Waals surface area (Å²) in [6.45, 7) is 2.90. The molecule has 0 saturated carbocycles. The predicted octanol–water partition coefficient (Wildman–Crippen LogP) is 1.54. The van der Waals surface area contributed by atoms with Gasteiger partial charge >= 0.3 is 0 Å². The zero-order valence-corrected chi connectivity index (χ0v) is 16.9. The molecule has 6 nitrogen and oxygen atoms in total. The van der Waals surface area contributed by atoms with Crippen LogP contribution < -0.4 is 4.74 Å². The molecule has 1 N–H and O–H groups in total. The average molecular weight is 393 g/mol. The van der Waals surface area contributed by atoms with Gasteiger partial charge in [0, 0.05) is 25.6 Å². The van der Waals surface area contributed by atoms with Gasteiger partial charge in [-0.25, -0.2) is 12.7 Å². The molecule has 1 aliphatic heterocycles. The van der Waals surface area contributed by atoms with Crippen molar-refractivity contribution in [2.75, 3.05) is 46.6 Å². The molecule has 0 aliphatic carbocycles. The van der Waals surface area contributed by atoms with Crippen molar-refractivity contribution in [3.63, 3.8) is 0 Å². The smallest absolute Gasteiger partial charge is 0.213 e. The Morgan fingerprint density at radius 1 is 1.40 bits per heavy atom. The zero-order chi connectivity index (χ0) is 18.0. The van der Waals surface area contributed by atoms with Crippen molar-refractivity contribution in [2.24, 2.45) is 5.92 Å². The molecule has 1 aromatic carbocycles. The fourth-order valence-corrected chi connectivity index (χ4v) is 4.49. The Kier molecular flexibility index (Phi) is 7.71. The van der Waals surface area contributed by atoms with Crippen LogP contribution >= 0.6 is 12.4 Å². The SMILES string of the molecule is CCS(=O)(=O)N1CCC(O)(c2cccc(OC)c2)C(CN(C)C)C1.Cl. The van der Waals surface area contributed by atoms with Crippen molar-refractivity contribution in [3.05, 3.63) is 29.8 Å². The normalized spacial score (nSPS) is 24.8. The van der Waals surface area contributed by atoms with Crippen LogP contribution in [0, 0.1) is 5.92 Å². The van der Waals surface area contributed by atoms with Gasteiger partial charge in [-0.15, -0.1) is 12.4 Å². The molecule has 2 rings (SSSR count). The number of hydrogen-bond donors (Lipinski definition) is 1. The van der Waals surface area contributed by atoms with Crippen LogP contribution in [0.5, 0.6) is 5.75 Å². The molecule has 1 aliphatic rings. The minimum absolute atomic E-state index is 0. The third-order valence-corrected chi connectivity index (χ3v) is 6.60. The molecule has 2 unspecified atom stereocenters. The van der Waals surface area contributed by atoms with E-state index in [0.717, 1.165) is 5.56 Å². The number of hydrogen-bond acceptors (Lipinski definition) is 5. The van der Waals surface area contributed by atoms with Crippen molar-refractivity contribution in [2.45, 2.75) is 18.9 Å². The Hall–Kier alpha value is -0.860. The fourth-order valence-electron chi connectivity index (χ4n) is 3.34. The summed E-state index contributed by atoms with van der Waals surface area (Å²) in [5.41, 5.74) is -0.291. The van der Waals surface area contributed by atoms with Crippen molar-refractivity contribution in [3.8, 4) is 5.75 Å². The molecule has 0 spiro atoms. The first kappa shape index (κ1) is 22.2. The third-order valence-electron chi connectivity index (χ3n) is 4.76. The van der Waals surface area contributed by atoms with Gasteiger partial charge in [-0.3, -0.25) is 0 Å². The zero-order valence-electron chi connectivity index (χ0n) is 15.3. The number of aliphatic hydroxyl groups is 1. The lowest BCUT2D eigenvalue weighted by atomic mass is 9.76. The lowest BCUT2D eigenvalue weighted by Gasteiger charge is -2.45. The van der Waals surface area contributed by atoms with E-state index < -0.39 is 15.6 Å². The Morgan fingerprint density at radius 3 is 2.64 bits per heavy atom. The maximum atomic E-state index is 12.2. The topological polar surface area (TPSA) is 70.1 Å². The molecular formula is C17H29ClN2O4S. The van der Waals surface area contributed by atoms with Crippen molar-refractivity contribution in [1.29, 1.82) is 0 Å². The predicted molar refractivity (Wildman–Crippen MR) is 102 cm³/mol. The van der Waals surface area contributed by atoms with Gasteiger partial charge < -0.3 is 14.7 Å². The highest BCUT2D eigenvalue weighted by Gasteiger charge is 2.45. The summed E-state index contributed by atoms with van der Waals surface area (Å²) in [5.74, 6) is 0.557. The summed E-state index contributed by atoms with van der Waals surface area (Å²) < 4.78 is 31.3. The number of rotatable bonds is 6. The van der Waals surface area contributed by atoms with E-state index in [1.165, 1.54) is 4.31 Å². The first-order chi connectivity index (χ1) is 11.2. The average Bonchev–Trinajstić information content (AvgIpc) is 2.56. The summed E-state index contributed by atoms with van der Waals surface area (Å²) >= 11 is 0. The second-order valence-electron chi connectivity index (χ2n) is 6.62. The maximum absolute atomic E-state index is 12.2. The van der Waals surface area contributed by atoms with Gasteiger partial charge in [0.15, 0.2) is 0 Å². The van der Waals surface area contributed by atoms with Crippen molar-refractivity contribution in [1.82, 2.24) is 9.21 Å². The van der Waals surface area contributed by atoms with Gasteiger partial charge in [0.05, 0.1) is 18.5 Å². The second-order valence-corrected chi connectivity index (χ2v) is 8.88. The number of sulfonamides is 1. The summed E-state index contributed by atoms with van der Waals surface area (Å²) in [6.07, 6.45) is 0.373. The Morgan fingerprint density at radius 2 is 2.08 bits per heavy atom. The van der Waals surface area contributed by atoms with E-state index in [4.69, 9.17) is 4.74 Å². The van der Waals surface area contributed by atoms with E-state index in [2.05, 4.69) is 0 Å². The minimum Gasteiger partial charge on any atom is -0.497 e. The van der Waals surface area contributed by atoms with E-state index >= 15 is 0 Å². The molecule has 1 heterocycles. The first-order valence-electron chi connectivity index (χ1n) is 8.22. The van der Waals surface area contributed by atoms with Crippen LogP contribution in [-0.2, 0) is 15.6 Å². The number of benzene rings is 1. The van der Waals surface area contributed by atoms with Crippen LogP contribution in [0.2, 0.25) is 0 Å². The van der Waals surface area contributed by atoms with Crippen LogP contribution in [0.1, 0.15) is 18.9 Å². The van der Waals surface area contributed by atoms with Crippen LogP contribution in [0.25, 0.3) is 0 Å². The second kappa shape index (κ2) is 8.68. The molecule has 2 atom stereocenters. The highest BCUT2D eigenvalue weighted by molar-refractivity contribution is 7.89. The number of nitrogens with zero attached hydrogens (tertiary/aromatic N) is 2. The van der Waals surface area contributed by atoms with E-state index in [9.17, 15) is 13.5 Å². The highest BCUT2D eigenvalue weighted by atomic mass is 35.5. The van der Waals surface area contributed by atoms with Crippen LogP contribution in [-0.4, -0.2) is 69.3 Å². The lowest BCUT2D eigenvalue weighted by Crippen LogP contribution is -2.54. The van der Waals surface area contributed by atoms with Crippen molar-refractivity contribution < 1.29 is 18.3 Å². The Labute approximate surface area is 157 Å². The van der Waals surface area contributed by atoms with E-state index in [1.807, 2.05) is 43.3 Å². The maximum Gasteiger partial charge on any atom is 0.213 e. The largest absolute Gasteiger partial charge is 0.497 e. The van der Waals surface area contributed by atoms with Gasteiger partial charge in [-0.05, 0) is 45.1 Å². The highest BCUT2D eigenvalue weighted by Crippen LogP contribution is 2.39. The molecule has 144 valence electrons. The van der Waals surface area contributed by atoms with Gasteiger partial charge in [-0.2, -0.15) is 0 Å². The minimum atomic E-state index is -3.26.